The average Bonchev–Trinajstić information content (AvgIpc) is 3.18. The van der Waals surface area contributed by atoms with E-state index >= 15 is 0 Å². The van der Waals surface area contributed by atoms with Crippen LogP contribution in [0.1, 0.15) is 22.5 Å². The molecule has 32 heavy (non-hydrogen) atoms. The number of piperazine rings is 1. The second-order valence-electron chi connectivity index (χ2n) is 8.01. The summed E-state index contributed by atoms with van der Waals surface area (Å²) in [5, 5.41) is 1.06. The number of amides is 2. The van der Waals surface area contributed by atoms with Crippen molar-refractivity contribution in [2.45, 2.75) is 12.8 Å². The lowest BCUT2D eigenvalue weighted by atomic mass is 10.1. The standard InChI is InChI=1S/C25H29N3O4/c1-26-20-7-5-4-6-19(20)17-21(26)25(30)28-14-12-27(13-15-28)24(29)11-9-18-8-10-22(31-2)23(16-18)32-3/h4-8,10,16-17H,9,11-15H2,1-3H3. The van der Waals surface area contributed by atoms with Crippen LogP contribution in [0.15, 0.2) is 48.5 Å². The number of carbonyl (C=O) groups excluding carboxylic acids is 2. The molecule has 0 atom stereocenters. The number of carbonyl (C=O) groups is 2. The van der Waals surface area contributed by atoms with Gasteiger partial charge in [-0.1, -0.05) is 24.3 Å². The number of nitrogens with zero attached hydrogens (tertiary/aromatic N) is 3. The molecule has 2 heterocycles. The van der Waals surface area contributed by atoms with Crippen LogP contribution in [0.5, 0.6) is 11.5 Å². The Labute approximate surface area is 188 Å². The number of aryl methyl sites for hydroxylation is 2. The van der Waals surface area contributed by atoms with E-state index in [0.717, 1.165) is 16.5 Å². The maximum Gasteiger partial charge on any atom is 0.270 e. The molecule has 1 fully saturated rings. The molecule has 0 saturated carbocycles. The topological polar surface area (TPSA) is 64.0 Å². The highest BCUT2D eigenvalue weighted by atomic mass is 16.5. The number of aromatic nitrogens is 1. The summed E-state index contributed by atoms with van der Waals surface area (Å²) in [6.45, 7) is 2.20. The first-order valence-corrected chi connectivity index (χ1v) is 10.8. The van der Waals surface area contributed by atoms with Gasteiger partial charge in [-0.2, -0.15) is 0 Å². The lowest BCUT2D eigenvalue weighted by Gasteiger charge is -2.35. The molecule has 0 aliphatic carbocycles. The first-order chi connectivity index (χ1) is 15.5. The summed E-state index contributed by atoms with van der Waals surface area (Å²) < 4.78 is 12.5. The van der Waals surface area contributed by atoms with Gasteiger partial charge in [0.05, 0.1) is 14.2 Å². The van der Waals surface area contributed by atoms with E-state index in [2.05, 4.69) is 0 Å². The van der Waals surface area contributed by atoms with Gasteiger partial charge < -0.3 is 23.8 Å². The monoisotopic (exact) mass is 435 g/mol. The van der Waals surface area contributed by atoms with Crippen LogP contribution in [-0.4, -0.2) is 66.6 Å². The van der Waals surface area contributed by atoms with Gasteiger partial charge in [0.15, 0.2) is 11.5 Å². The molecule has 2 amide bonds. The van der Waals surface area contributed by atoms with Crippen LogP contribution >= 0.6 is 0 Å². The number of hydrogen-bond acceptors (Lipinski definition) is 4. The van der Waals surface area contributed by atoms with Gasteiger partial charge in [0, 0.05) is 50.6 Å². The van der Waals surface area contributed by atoms with E-state index in [1.807, 2.05) is 69.9 Å². The van der Waals surface area contributed by atoms with Crippen LogP contribution in [0.4, 0.5) is 0 Å². The summed E-state index contributed by atoms with van der Waals surface area (Å²) in [6, 6.07) is 15.6. The van der Waals surface area contributed by atoms with Crippen LogP contribution in [-0.2, 0) is 18.3 Å². The first kappa shape index (κ1) is 21.7. The van der Waals surface area contributed by atoms with Crippen LogP contribution in [0.3, 0.4) is 0 Å². The molecule has 0 spiro atoms. The summed E-state index contributed by atoms with van der Waals surface area (Å²) >= 11 is 0. The SMILES string of the molecule is COc1ccc(CCC(=O)N2CCN(C(=O)c3cc4ccccc4n3C)CC2)cc1OC. The van der Waals surface area contributed by atoms with Gasteiger partial charge in [-0.15, -0.1) is 0 Å². The molecule has 4 rings (SSSR count). The molecule has 1 aromatic heterocycles. The van der Waals surface area contributed by atoms with Crippen molar-refractivity contribution in [3.05, 3.63) is 59.8 Å². The van der Waals surface area contributed by atoms with E-state index in [-0.39, 0.29) is 11.8 Å². The Kier molecular flexibility index (Phi) is 6.35. The van der Waals surface area contributed by atoms with Crippen LogP contribution < -0.4 is 9.47 Å². The highest BCUT2D eigenvalue weighted by Crippen LogP contribution is 2.28. The van der Waals surface area contributed by atoms with E-state index in [0.29, 0.717) is 56.2 Å². The van der Waals surface area contributed by atoms with Gasteiger partial charge in [0.25, 0.3) is 5.91 Å². The Morgan fingerprint density at radius 3 is 2.25 bits per heavy atom. The van der Waals surface area contributed by atoms with E-state index in [1.54, 1.807) is 14.2 Å². The van der Waals surface area contributed by atoms with E-state index in [4.69, 9.17) is 9.47 Å². The molecule has 1 aliphatic rings. The molecule has 3 aromatic rings. The fourth-order valence-electron chi connectivity index (χ4n) is 4.26. The summed E-state index contributed by atoms with van der Waals surface area (Å²) in [5.41, 5.74) is 2.75. The predicted octanol–water partition coefficient (Wildman–Crippen LogP) is 3.11. The zero-order chi connectivity index (χ0) is 22.7. The third kappa shape index (κ3) is 4.28. The molecule has 1 saturated heterocycles. The number of fused-ring (bicyclic) bond motifs is 1. The number of hydrogen-bond donors (Lipinski definition) is 0. The molecule has 1 aliphatic heterocycles. The highest BCUT2D eigenvalue weighted by Gasteiger charge is 2.26. The van der Waals surface area contributed by atoms with Gasteiger partial charge in [-0.25, -0.2) is 0 Å². The third-order valence-electron chi connectivity index (χ3n) is 6.17. The smallest absolute Gasteiger partial charge is 0.270 e. The summed E-state index contributed by atoms with van der Waals surface area (Å²) in [5.74, 6) is 1.46. The first-order valence-electron chi connectivity index (χ1n) is 10.8. The van der Waals surface area contributed by atoms with Crippen molar-refractivity contribution in [2.24, 2.45) is 7.05 Å². The Bertz CT molecular complexity index is 1130. The van der Waals surface area contributed by atoms with Gasteiger partial charge >= 0.3 is 0 Å². The number of rotatable bonds is 6. The Morgan fingerprint density at radius 1 is 0.875 bits per heavy atom. The molecule has 7 heteroatoms. The van der Waals surface area contributed by atoms with Crippen LogP contribution in [0, 0.1) is 0 Å². The molecule has 2 aromatic carbocycles. The minimum atomic E-state index is 0.0149. The Hall–Kier alpha value is -3.48. The van der Waals surface area contributed by atoms with Gasteiger partial charge in [0.1, 0.15) is 5.69 Å². The normalized spacial score (nSPS) is 14.0. The summed E-state index contributed by atoms with van der Waals surface area (Å²) in [7, 11) is 5.13. The van der Waals surface area contributed by atoms with E-state index in [1.165, 1.54) is 0 Å². The quantitative estimate of drug-likeness (QED) is 0.597. The molecule has 7 nitrogen and oxygen atoms in total. The molecule has 0 unspecified atom stereocenters. The highest BCUT2D eigenvalue weighted by molar-refractivity contribution is 5.98. The number of para-hydroxylation sites is 1. The van der Waals surface area contributed by atoms with Crippen molar-refractivity contribution in [1.29, 1.82) is 0 Å². The van der Waals surface area contributed by atoms with Crippen molar-refractivity contribution >= 4 is 22.7 Å². The van der Waals surface area contributed by atoms with Crippen molar-refractivity contribution < 1.29 is 19.1 Å². The minimum Gasteiger partial charge on any atom is -0.493 e. The average molecular weight is 436 g/mol. The zero-order valence-corrected chi connectivity index (χ0v) is 18.8. The maximum absolute atomic E-state index is 13.1. The third-order valence-corrected chi connectivity index (χ3v) is 6.17. The molecule has 168 valence electrons. The van der Waals surface area contributed by atoms with Gasteiger partial charge in [-0.05, 0) is 36.2 Å². The van der Waals surface area contributed by atoms with E-state index < -0.39 is 0 Å². The molecule has 0 radical (unpaired) electrons. The predicted molar refractivity (Wildman–Crippen MR) is 123 cm³/mol. The van der Waals surface area contributed by atoms with Gasteiger partial charge in [-0.3, -0.25) is 9.59 Å². The molecule has 0 N–H and O–H groups in total. The Morgan fingerprint density at radius 2 is 1.56 bits per heavy atom. The second-order valence-corrected chi connectivity index (χ2v) is 8.01. The van der Waals surface area contributed by atoms with Crippen molar-refractivity contribution in [3.63, 3.8) is 0 Å². The van der Waals surface area contributed by atoms with Crippen molar-refractivity contribution in [3.8, 4) is 11.5 Å². The molecule has 0 bridgehead atoms. The Balaban J connectivity index is 1.32. The van der Waals surface area contributed by atoms with Gasteiger partial charge in [0.2, 0.25) is 5.91 Å². The van der Waals surface area contributed by atoms with E-state index in [9.17, 15) is 9.59 Å². The van der Waals surface area contributed by atoms with Crippen LogP contribution in [0.25, 0.3) is 10.9 Å². The number of benzene rings is 2. The number of ether oxygens (including phenoxy) is 2. The van der Waals surface area contributed by atoms with Crippen molar-refractivity contribution in [1.82, 2.24) is 14.4 Å². The maximum atomic E-state index is 13.1. The largest absolute Gasteiger partial charge is 0.493 e. The fraction of sp³-hybridized carbons (Fsp3) is 0.360. The fourth-order valence-corrected chi connectivity index (χ4v) is 4.26. The second kappa shape index (κ2) is 9.34. The summed E-state index contributed by atoms with van der Waals surface area (Å²) in [4.78, 5) is 29.5. The lowest BCUT2D eigenvalue weighted by molar-refractivity contribution is -0.132. The minimum absolute atomic E-state index is 0.0149. The number of methoxy groups -OCH3 is 2. The molecular formula is C25H29N3O4. The lowest BCUT2D eigenvalue weighted by Crippen LogP contribution is -2.50. The molecular weight excluding hydrogens is 406 g/mol. The van der Waals surface area contributed by atoms with Crippen LogP contribution in [0.2, 0.25) is 0 Å². The zero-order valence-electron chi connectivity index (χ0n) is 18.8. The van der Waals surface area contributed by atoms with Crippen molar-refractivity contribution in [2.75, 3.05) is 40.4 Å². The summed E-state index contributed by atoms with van der Waals surface area (Å²) in [6.07, 6.45) is 1.06.